The van der Waals surface area contributed by atoms with Gasteiger partial charge in [0, 0.05) is 65.6 Å². The van der Waals surface area contributed by atoms with Crippen molar-refractivity contribution in [1.29, 1.82) is 0 Å². The molecule has 6 heterocycles. The van der Waals surface area contributed by atoms with E-state index < -0.39 is 34.3 Å². The Morgan fingerprint density at radius 3 is 1.12 bits per heavy atom. The summed E-state index contributed by atoms with van der Waals surface area (Å²) in [6.07, 6.45) is 12.1. The number of carbonyl (C=O) groups is 6. The van der Waals surface area contributed by atoms with E-state index in [4.69, 9.17) is 28.4 Å². The van der Waals surface area contributed by atoms with Crippen LogP contribution in [0.2, 0.25) is 0 Å². The van der Waals surface area contributed by atoms with Crippen LogP contribution in [0.15, 0.2) is 272 Å². The topological polar surface area (TPSA) is 230 Å². The molecule has 6 atom stereocenters. The van der Waals surface area contributed by atoms with Crippen molar-refractivity contribution in [1.82, 2.24) is 16.0 Å². The molecule has 24 heteroatoms. The molecule has 6 aliphatic heterocycles. The van der Waals surface area contributed by atoms with E-state index in [1.165, 1.54) is 6.08 Å². The van der Waals surface area contributed by atoms with Gasteiger partial charge in [-0.15, -0.1) is 0 Å². The lowest BCUT2D eigenvalue weighted by molar-refractivity contribution is -0.148. The molecular weight excluding hydrogens is 1780 g/mol. The van der Waals surface area contributed by atoms with Gasteiger partial charge in [-0.1, -0.05) is 250 Å². The van der Waals surface area contributed by atoms with Crippen LogP contribution in [-0.4, -0.2) is 86.2 Å². The summed E-state index contributed by atoms with van der Waals surface area (Å²) in [5.74, 6) is -1.64. The Bertz CT molecular complexity index is 4430. The number of benzene rings is 7. The fourth-order valence-corrected chi connectivity index (χ4v) is 16.5. The number of para-hydroxylation sites is 3. The second kappa shape index (κ2) is 41.3. The second-order valence-electron chi connectivity index (χ2n) is 26.4. The maximum atomic E-state index is 12.1. The number of ether oxygens (including phenoxy) is 6. The lowest BCUT2D eigenvalue weighted by Gasteiger charge is -2.29. The first-order chi connectivity index (χ1) is 52.3. The van der Waals surface area contributed by atoms with Gasteiger partial charge in [0.1, 0.15) is 0 Å². The number of alkyl halides is 3. The summed E-state index contributed by atoms with van der Waals surface area (Å²) >= 11 is 20.8. The highest BCUT2D eigenvalue weighted by Crippen LogP contribution is 2.43. The van der Waals surface area contributed by atoms with Gasteiger partial charge in [-0.25, -0.2) is 28.8 Å². The van der Waals surface area contributed by atoms with Gasteiger partial charge in [0.15, 0.2) is 5.72 Å². The zero-order valence-corrected chi connectivity index (χ0v) is 71.2. The van der Waals surface area contributed by atoms with Crippen LogP contribution >= 0.6 is 95.6 Å². The summed E-state index contributed by atoms with van der Waals surface area (Å²) in [6.45, 7) is 15.2. The van der Waals surface area contributed by atoms with Crippen molar-refractivity contribution in [2.75, 3.05) is 31.9 Å². The highest BCUT2D eigenvalue weighted by molar-refractivity contribution is 9.12. The van der Waals surface area contributed by atoms with E-state index in [0.29, 0.717) is 51.3 Å². The highest BCUT2D eigenvalue weighted by Gasteiger charge is 2.48. The van der Waals surface area contributed by atoms with Crippen LogP contribution in [0.3, 0.4) is 0 Å². The van der Waals surface area contributed by atoms with E-state index >= 15 is 0 Å². The Balaban J connectivity index is 0.000000165. The van der Waals surface area contributed by atoms with Crippen molar-refractivity contribution in [3.05, 3.63) is 295 Å². The van der Waals surface area contributed by atoms with Crippen LogP contribution in [0.25, 0.3) is 5.57 Å². The smallest absolute Gasteiger partial charge is 0.337 e. The van der Waals surface area contributed by atoms with Crippen LogP contribution in [0.1, 0.15) is 109 Å². The normalized spacial score (nSPS) is 22.7. The molecular formula is C85H90Br6N6O12. The molecule has 0 bridgehead atoms. The molecule has 7 aromatic rings. The van der Waals surface area contributed by atoms with E-state index in [1.54, 1.807) is 26.0 Å². The van der Waals surface area contributed by atoms with Gasteiger partial charge in [0.2, 0.25) is 28.6 Å². The second-order valence-corrected chi connectivity index (χ2v) is 30.5. The predicted octanol–water partition coefficient (Wildman–Crippen LogP) is 19.3. The predicted molar refractivity (Wildman–Crippen MR) is 451 cm³/mol. The first kappa shape index (κ1) is 86.6. The maximum Gasteiger partial charge on any atom is 0.337 e. The molecule has 0 fully saturated rings. The summed E-state index contributed by atoms with van der Waals surface area (Å²) < 4.78 is 34.8. The van der Waals surface area contributed by atoms with Crippen LogP contribution in [0.5, 0.6) is 0 Å². The molecule has 7 aromatic carbocycles. The van der Waals surface area contributed by atoms with Gasteiger partial charge < -0.3 is 44.4 Å². The summed E-state index contributed by atoms with van der Waals surface area (Å²) in [6, 6.07) is 68.9. The molecule has 18 nitrogen and oxygen atoms in total. The van der Waals surface area contributed by atoms with Crippen LogP contribution in [0.4, 0.5) is 17.1 Å². The molecule has 6 unspecified atom stereocenters. The van der Waals surface area contributed by atoms with E-state index in [1.807, 2.05) is 239 Å². The molecule has 0 radical (unpaired) electrons. The Morgan fingerprint density at radius 2 is 0.725 bits per heavy atom. The number of nitrogens with one attached hydrogen (secondary N) is 6. The fraction of sp³-hybridized carbons (Fsp3) is 0.294. The van der Waals surface area contributed by atoms with Crippen molar-refractivity contribution >= 4 is 154 Å². The number of unbranched alkanes of at least 4 members (excludes halogenated alkanes) is 2. The lowest BCUT2D eigenvalue weighted by Crippen LogP contribution is -2.47. The first-order valence-electron chi connectivity index (χ1n) is 35.5. The van der Waals surface area contributed by atoms with Crippen molar-refractivity contribution in [3.8, 4) is 0 Å². The average molecular weight is 1870 g/mol. The van der Waals surface area contributed by atoms with Crippen LogP contribution in [0, 0.1) is 0 Å². The number of cyclic esters (lactones) is 6. The molecule has 13 rings (SSSR count). The van der Waals surface area contributed by atoms with E-state index in [9.17, 15) is 28.8 Å². The minimum atomic E-state index is -0.847. The molecule has 0 saturated heterocycles. The number of hydrogen-bond donors (Lipinski definition) is 6. The van der Waals surface area contributed by atoms with Gasteiger partial charge in [-0.3, -0.25) is 16.0 Å². The van der Waals surface area contributed by atoms with Gasteiger partial charge >= 0.3 is 35.8 Å². The standard InChI is InChI=1S/C17H15NO2.C16H19Br2NO2.C15H17Br2NO2.C13H15NO2.C12H11Br2NO2.C12H13NO2/c1-17(18-14-10-6-3-7-11-14)15(12-16(19)20-17)13-8-4-2-5-9-13;1-2-3-9-13-14(18)16(11-17,21-15(13)20)19-10-12-7-5-4-6-8-12;1-2-3-9-12-13(17)15(10-16,20-14(12)19)18-11-7-5-4-6-8-11;1-10-8-13(2,16-12(10)15)14-9-11-6-4-3-5-7-11;13-8-12(10(14)6-11(16)17-12)15-7-9-4-2-1-3-5-9;1-9-8-12(2,15-11(9)14)13-10-6-4-3-5-7-10/h2-12,18H,1H3;4-8,19H,2-3,9-11H2,1H3;4-8,18H,2-3,9-10H2,1H3;3-8,14H,9H2,1-2H3;1-6,15H,7-8H2;3-8,13H,1-2H3. The third-order valence-corrected chi connectivity index (χ3v) is 22.9. The Morgan fingerprint density at radius 1 is 0.367 bits per heavy atom. The number of esters is 6. The fourth-order valence-electron chi connectivity index (χ4n) is 11.7. The summed E-state index contributed by atoms with van der Waals surface area (Å²) in [5, 5.41) is 21.0. The van der Waals surface area contributed by atoms with Gasteiger partial charge in [0.25, 0.3) is 0 Å². The van der Waals surface area contributed by atoms with Gasteiger partial charge in [-0.2, -0.15) is 0 Å². The van der Waals surface area contributed by atoms with Crippen molar-refractivity contribution in [2.45, 2.75) is 141 Å². The highest BCUT2D eigenvalue weighted by atomic mass is 79.9. The molecule has 0 amide bonds. The third-order valence-electron chi connectivity index (χ3n) is 17.5. The molecule has 0 aliphatic carbocycles. The lowest BCUT2D eigenvalue weighted by atomic mass is 9.97. The Labute approximate surface area is 688 Å². The molecule has 6 N–H and O–H groups in total. The van der Waals surface area contributed by atoms with Gasteiger partial charge in [0.05, 0.1) is 40.6 Å². The minimum absolute atomic E-state index is 0.227. The quantitative estimate of drug-likeness (QED) is 0.0177. The summed E-state index contributed by atoms with van der Waals surface area (Å²) in [4.78, 5) is 69.7. The van der Waals surface area contributed by atoms with Gasteiger partial charge in [-0.05, 0) is 179 Å². The molecule has 6 aliphatic rings. The largest absolute Gasteiger partial charge is 0.437 e. The molecule has 0 saturated carbocycles. The van der Waals surface area contributed by atoms with Crippen LogP contribution in [-0.2, 0) is 76.8 Å². The Kier molecular flexibility index (Phi) is 32.8. The number of carbonyl (C=O) groups excluding carboxylic acids is 6. The monoisotopic (exact) mass is 1860 g/mol. The van der Waals surface area contributed by atoms with Crippen molar-refractivity contribution in [2.24, 2.45) is 0 Å². The zero-order valence-electron chi connectivity index (χ0n) is 61.7. The zero-order chi connectivity index (χ0) is 78.7. The van der Waals surface area contributed by atoms with Crippen molar-refractivity contribution in [3.63, 3.8) is 0 Å². The Hall–Kier alpha value is -8.04. The SMILES string of the molecule is CC1(Nc2ccccc2)OC(=O)C=C1c1ccccc1.CC1=CC(C)(NCc2ccccc2)OC1=O.CC1=CC(C)(Nc2ccccc2)OC1=O.CCCCC1=C(Br)C(CBr)(NCc2ccccc2)OC1=O.CCCCC1=C(Br)C(CBr)(Nc2ccccc2)OC1=O.O=C1C=C(Br)C(CBr)(NCc2ccccc2)O1. The number of halogens is 6. The molecule has 0 spiro atoms. The summed E-state index contributed by atoms with van der Waals surface area (Å²) in [5.41, 5.74) is 6.12. The van der Waals surface area contributed by atoms with E-state index in [-0.39, 0.29) is 35.8 Å². The number of rotatable bonds is 25. The van der Waals surface area contributed by atoms with E-state index in [0.717, 1.165) is 104 Å². The number of hydrogen-bond acceptors (Lipinski definition) is 18. The van der Waals surface area contributed by atoms with E-state index in [2.05, 4.69) is 141 Å². The van der Waals surface area contributed by atoms with Crippen molar-refractivity contribution < 1.29 is 57.2 Å². The summed E-state index contributed by atoms with van der Waals surface area (Å²) in [7, 11) is 0. The first-order valence-corrected chi connectivity index (χ1v) is 41.3. The molecule has 574 valence electrons. The molecule has 0 aromatic heterocycles. The number of anilines is 3. The van der Waals surface area contributed by atoms with Crippen LogP contribution < -0.4 is 31.9 Å². The molecule has 109 heavy (non-hydrogen) atoms. The third kappa shape index (κ3) is 24.5. The average Bonchev–Trinajstić information content (AvgIpc) is 1.64. The maximum absolute atomic E-state index is 12.1. The minimum Gasteiger partial charge on any atom is -0.437 e.